The molecule has 0 unspecified atom stereocenters. The topological polar surface area (TPSA) is 31.4 Å². The van der Waals surface area contributed by atoms with Gasteiger partial charge in [-0.15, -0.1) is 11.3 Å². The van der Waals surface area contributed by atoms with Gasteiger partial charge in [0.25, 0.3) is 0 Å². The second-order valence-electron chi connectivity index (χ2n) is 6.85. The molecule has 3 rings (SSSR count). The Balaban J connectivity index is 1.55. The molecule has 2 aromatic rings. The molecule has 0 atom stereocenters. The smallest absolute Gasteiger partial charge is 0.193 e. The Bertz CT molecular complexity index is 630. The monoisotopic (exact) mass is 359 g/mol. The average Bonchev–Trinajstić information content (AvgIpc) is 3.14. The Kier molecular flexibility index (Phi) is 7.02. The molecular weight excluding hydrogens is 330 g/mol. The minimum absolute atomic E-state index is 0.200. The van der Waals surface area contributed by atoms with Crippen LogP contribution in [0.15, 0.2) is 30.5 Å². The van der Waals surface area contributed by atoms with Gasteiger partial charge in [-0.1, -0.05) is 45.6 Å². The van der Waals surface area contributed by atoms with Gasteiger partial charge in [0, 0.05) is 28.2 Å². The van der Waals surface area contributed by atoms with Gasteiger partial charge < -0.3 is 9.47 Å². The first-order chi connectivity index (χ1) is 12.3. The predicted molar refractivity (Wildman–Crippen MR) is 104 cm³/mol. The van der Waals surface area contributed by atoms with E-state index in [-0.39, 0.29) is 6.29 Å². The van der Waals surface area contributed by atoms with Crippen LogP contribution in [-0.2, 0) is 15.9 Å². The molecule has 2 aromatic heterocycles. The predicted octanol–water partition coefficient (Wildman–Crippen LogP) is 6.00. The maximum atomic E-state index is 5.98. The lowest BCUT2D eigenvalue weighted by molar-refractivity contribution is -0.204. The molecule has 0 amide bonds. The molecule has 1 fully saturated rings. The van der Waals surface area contributed by atoms with E-state index in [1.54, 1.807) is 11.3 Å². The molecule has 136 valence electrons. The van der Waals surface area contributed by atoms with Crippen LogP contribution >= 0.6 is 11.3 Å². The third-order valence-electron chi connectivity index (χ3n) is 4.66. The first kappa shape index (κ1) is 18.6. The number of nitrogens with zero attached hydrogens (tertiary/aromatic N) is 1. The van der Waals surface area contributed by atoms with E-state index in [1.165, 1.54) is 36.1 Å². The van der Waals surface area contributed by atoms with Gasteiger partial charge in [-0.25, -0.2) is 0 Å². The molecule has 3 nitrogen and oxygen atoms in total. The number of hydrogen-bond acceptors (Lipinski definition) is 4. The normalized spacial score (nSPS) is 20.7. The summed E-state index contributed by atoms with van der Waals surface area (Å²) in [6.07, 6.45) is 9.02. The fourth-order valence-electron chi connectivity index (χ4n) is 3.17. The summed E-state index contributed by atoms with van der Waals surface area (Å²) in [5.74, 6) is 0.553. The lowest BCUT2D eigenvalue weighted by atomic mass is 10.0. The van der Waals surface area contributed by atoms with E-state index < -0.39 is 0 Å². The summed E-state index contributed by atoms with van der Waals surface area (Å²) in [5, 5.41) is 0. The molecule has 1 saturated heterocycles. The van der Waals surface area contributed by atoms with Crippen LogP contribution in [0.25, 0.3) is 10.4 Å². The van der Waals surface area contributed by atoms with Crippen molar-refractivity contribution in [1.29, 1.82) is 0 Å². The Labute approximate surface area is 155 Å². The van der Waals surface area contributed by atoms with Gasteiger partial charge in [0.05, 0.1) is 18.1 Å². The number of aromatic nitrogens is 1. The summed E-state index contributed by atoms with van der Waals surface area (Å²) >= 11 is 1.74. The van der Waals surface area contributed by atoms with Crippen LogP contribution in [0.4, 0.5) is 0 Å². The van der Waals surface area contributed by atoms with E-state index in [4.69, 9.17) is 9.47 Å². The number of rotatable bonds is 8. The van der Waals surface area contributed by atoms with Crippen molar-refractivity contribution in [2.75, 3.05) is 13.2 Å². The highest BCUT2D eigenvalue weighted by Crippen LogP contribution is 2.35. The Hall–Kier alpha value is -1.23. The summed E-state index contributed by atoms with van der Waals surface area (Å²) in [6, 6.07) is 8.57. The van der Waals surface area contributed by atoms with Crippen molar-refractivity contribution in [2.24, 2.45) is 5.92 Å². The van der Waals surface area contributed by atoms with Crippen molar-refractivity contribution in [3.8, 4) is 10.4 Å². The zero-order chi connectivity index (χ0) is 17.5. The number of unbranched alkanes of at least 4 members (excludes halogenated alkanes) is 2. The highest BCUT2D eigenvalue weighted by molar-refractivity contribution is 7.15. The van der Waals surface area contributed by atoms with Gasteiger partial charge in [-0.3, -0.25) is 4.98 Å². The lowest BCUT2D eigenvalue weighted by Gasteiger charge is -2.28. The van der Waals surface area contributed by atoms with Crippen LogP contribution in [-0.4, -0.2) is 18.2 Å². The maximum absolute atomic E-state index is 5.98. The molecule has 1 aliphatic heterocycles. The summed E-state index contributed by atoms with van der Waals surface area (Å²) in [6.45, 7) is 6.05. The van der Waals surface area contributed by atoms with Crippen molar-refractivity contribution < 1.29 is 9.47 Å². The van der Waals surface area contributed by atoms with E-state index in [9.17, 15) is 0 Å². The zero-order valence-electron chi connectivity index (χ0n) is 15.4. The van der Waals surface area contributed by atoms with Crippen molar-refractivity contribution in [2.45, 2.75) is 58.7 Å². The lowest BCUT2D eigenvalue weighted by Crippen LogP contribution is -2.26. The second kappa shape index (κ2) is 9.46. The number of aryl methyl sites for hydroxylation is 1. The van der Waals surface area contributed by atoms with Crippen LogP contribution < -0.4 is 0 Å². The van der Waals surface area contributed by atoms with Crippen molar-refractivity contribution >= 4 is 11.3 Å². The molecule has 0 N–H and O–H groups in total. The first-order valence-electron chi connectivity index (χ1n) is 9.58. The number of hydrogen-bond donors (Lipinski definition) is 0. The number of pyridine rings is 1. The van der Waals surface area contributed by atoms with E-state index in [2.05, 4.69) is 43.1 Å². The Morgan fingerprint density at radius 2 is 1.88 bits per heavy atom. The first-order valence-corrected chi connectivity index (χ1v) is 10.4. The molecule has 0 spiro atoms. The standard InChI is InChI=1S/C21H29NO2S/c1-3-5-6-8-16-14-23-21(24-15-16)20-12-11-19(25-20)17-9-10-18(7-4-2)22-13-17/h9-13,16,21H,3-8,14-15H2,1-2H3. The molecule has 0 bridgehead atoms. The van der Waals surface area contributed by atoms with Crippen molar-refractivity contribution in [1.82, 2.24) is 4.98 Å². The largest absolute Gasteiger partial charge is 0.347 e. The van der Waals surface area contributed by atoms with Gasteiger partial charge in [0.2, 0.25) is 0 Å². The van der Waals surface area contributed by atoms with Crippen LogP contribution in [0.2, 0.25) is 0 Å². The molecule has 0 radical (unpaired) electrons. The molecule has 0 aliphatic carbocycles. The van der Waals surface area contributed by atoms with E-state index in [1.807, 2.05) is 6.20 Å². The van der Waals surface area contributed by atoms with Crippen molar-refractivity contribution in [3.05, 3.63) is 41.0 Å². The van der Waals surface area contributed by atoms with Crippen molar-refractivity contribution in [3.63, 3.8) is 0 Å². The molecule has 1 aliphatic rings. The summed E-state index contributed by atoms with van der Waals surface area (Å²) in [5.41, 5.74) is 2.33. The molecule has 3 heterocycles. The molecule has 25 heavy (non-hydrogen) atoms. The van der Waals surface area contributed by atoms with E-state index >= 15 is 0 Å². The summed E-state index contributed by atoms with van der Waals surface area (Å²) < 4.78 is 12.0. The van der Waals surface area contributed by atoms with Crippen LogP contribution in [0.3, 0.4) is 0 Å². The number of ether oxygens (including phenoxy) is 2. The maximum Gasteiger partial charge on any atom is 0.193 e. The van der Waals surface area contributed by atoms with Gasteiger partial charge in [-0.2, -0.15) is 0 Å². The number of thiophene rings is 1. The third kappa shape index (κ3) is 5.13. The minimum atomic E-state index is -0.200. The van der Waals surface area contributed by atoms with Gasteiger partial charge in [-0.05, 0) is 31.0 Å². The molecule has 0 aromatic carbocycles. The highest BCUT2D eigenvalue weighted by Gasteiger charge is 2.24. The fraction of sp³-hybridized carbons (Fsp3) is 0.571. The molecule has 0 saturated carbocycles. The van der Waals surface area contributed by atoms with Crippen LogP contribution in [0.5, 0.6) is 0 Å². The second-order valence-corrected chi connectivity index (χ2v) is 7.97. The van der Waals surface area contributed by atoms with E-state index in [0.29, 0.717) is 5.92 Å². The molecular formula is C21H29NO2S. The summed E-state index contributed by atoms with van der Waals surface area (Å²) in [7, 11) is 0. The third-order valence-corrected chi connectivity index (χ3v) is 5.81. The van der Waals surface area contributed by atoms with E-state index in [0.717, 1.165) is 36.6 Å². The summed E-state index contributed by atoms with van der Waals surface area (Å²) in [4.78, 5) is 6.93. The Morgan fingerprint density at radius 3 is 2.56 bits per heavy atom. The van der Waals surface area contributed by atoms with Gasteiger partial charge in [0.15, 0.2) is 6.29 Å². The zero-order valence-corrected chi connectivity index (χ0v) is 16.2. The highest BCUT2D eigenvalue weighted by atomic mass is 32.1. The fourth-order valence-corrected chi connectivity index (χ4v) is 4.16. The molecule has 4 heteroatoms. The quantitative estimate of drug-likeness (QED) is 0.541. The van der Waals surface area contributed by atoms with Crippen LogP contribution in [0.1, 0.15) is 62.8 Å². The Morgan fingerprint density at radius 1 is 1.04 bits per heavy atom. The van der Waals surface area contributed by atoms with Gasteiger partial charge >= 0.3 is 0 Å². The van der Waals surface area contributed by atoms with Gasteiger partial charge in [0.1, 0.15) is 0 Å². The minimum Gasteiger partial charge on any atom is -0.347 e. The SMILES string of the molecule is CCCCCC1COC(c2ccc(-c3ccc(CCC)nc3)s2)OC1. The average molecular weight is 360 g/mol. The van der Waals surface area contributed by atoms with Crippen LogP contribution in [0, 0.1) is 5.92 Å².